The Kier molecular flexibility index (Phi) is 7.08. The largest absolute Gasteiger partial charge is 0.368 e. The van der Waals surface area contributed by atoms with Crippen molar-refractivity contribution < 1.29 is 4.79 Å². The molecular weight excluding hydrogens is 372 g/mol. The smallest absolute Gasteiger partial charge is 0.232 e. The Balaban J connectivity index is 1.50. The number of benzene rings is 1. The second kappa shape index (κ2) is 9.73. The summed E-state index contributed by atoms with van der Waals surface area (Å²) in [5.41, 5.74) is 7.88. The fourth-order valence-corrected chi connectivity index (χ4v) is 4.02. The maximum absolute atomic E-state index is 12.2. The van der Waals surface area contributed by atoms with E-state index in [1.807, 2.05) is 31.2 Å². The van der Waals surface area contributed by atoms with E-state index in [1.54, 1.807) is 0 Å². The Morgan fingerprint density at radius 1 is 1.18 bits per heavy atom. The van der Waals surface area contributed by atoms with Crippen LogP contribution >= 0.6 is 11.8 Å². The van der Waals surface area contributed by atoms with Gasteiger partial charge in [-0.3, -0.25) is 4.79 Å². The molecule has 0 spiro atoms. The van der Waals surface area contributed by atoms with Gasteiger partial charge in [0.05, 0.1) is 11.5 Å². The van der Waals surface area contributed by atoms with E-state index in [4.69, 9.17) is 5.73 Å². The fourth-order valence-electron chi connectivity index (χ4n) is 3.34. The molecule has 28 heavy (non-hydrogen) atoms. The molecular formula is C20H28N6OS. The van der Waals surface area contributed by atoms with Crippen molar-refractivity contribution in [1.82, 2.24) is 20.3 Å². The van der Waals surface area contributed by atoms with Gasteiger partial charge in [-0.25, -0.2) is 0 Å². The third-order valence-electron chi connectivity index (χ3n) is 4.93. The molecule has 1 aliphatic rings. The molecule has 0 aliphatic heterocycles. The second-order valence-electron chi connectivity index (χ2n) is 7.35. The molecule has 2 aromatic rings. The maximum Gasteiger partial charge on any atom is 0.232 e. The van der Waals surface area contributed by atoms with Crippen LogP contribution in [0, 0.1) is 12.8 Å². The van der Waals surface area contributed by atoms with Crippen molar-refractivity contribution >= 4 is 35.3 Å². The molecule has 7 nitrogen and oxygen atoms in total. The number of hydrogen-bond donors (Lipinski definition) is 3. The number of nitrogens with two attached hydrogens (primary N) is 1. The molecule has 1 aromatic heterocycles. The summed E-state index contributed by atoms with van der Waals surface area (Å²) in [7, 11) is 0. The average Bonchev–Trinajstić information content (AvgIpc) is 2.65. The molecule has 1 saturated carbocycles. The van der Waals surface area contributed by atoms with Crippen molar-refractivity contribution in [2.24, 2.45) is 5.92 Å². The number of carbonyl (C=O) groups excluding carboxylic acids is 1. The predicted molar refractivity (Wildman–Crippen MR) is 114 cm³/mol. The number of aromatic nitrogens is 3. The summed E-state index contributed by atoms with van der Waals surface area (Å²) in [6.07, 6.45) is 4.74. The summed E-state index contributed by atoms with van der Waals surface area (Å²) >= 11 is 1.48. The number of hydrogen-bond acceptors (Lipinski definition) is 7. The van der Waals surface area contributed by atoms with Gasteiger partial charge in [-0.1, -0.05) is 37.5 Å². The lowest BCUT2D eigenvalue weighted by atomic mass is 9.86. The van der Waals surface area contributed by atoms with Crippen molar-refractivity contribution in [3.63, 3.8) is 0 Å². The summed E-state index contributed by atoms with van der Waals surface area (Å²) in [5.74, 6) is 2.66. The van der Waals surface area contributed by atoms with E-state index in [-0.39, 0.29) is 11.9 Å². The van der Waals surface area contributed by atoms with E-state index in [9.17, 15) is 4.79 Å². The van der Waals surface area contributed by atoms with Gasteiger partial charge in [-0.2, -0.15) is 15.0 Å². The minimum atomic E-state index is 0.0729. The highest BCUT2D eigenvalue weighted by atomic mass is 32.2. The number of carbonyl (C=O) groups is 1. The Bertz CT molecular complexity index is 798. The standard InChI is InChI=1S/C20H28N6OS/c1-13-7-9-15(10-8-13)22-20-25-17(24-19(21)26-20)11-28-12-18(27)23-16-6-4-3-5-14(16)2/h7-10,14,16H,3-6,11-12H2,1-2H3,(H,23,27)(H3,21,22,24,25,26)/t14-,16-/m1/s1. The van der Waals surface area contributed by atoms with E-state index in [0.717, 1.165) is 12.1 Å². The van der Waals surface area contributed by atoms with Crippen LogP contribution in [0.2, 0.25) is 0 Å². The Labute approximate surface area is 170 Å². The van der Waals surface area contributed by atoms with Crippen LogP contribution in [0.1, 0.15) is 44.0 Å². The Morgan fingerprint density at radius 3 is 2.68 bits per heavy atom. The molecule has 0 bridgehead atoms. The quantitative estimate of drug-likeness (QED) is 0.654. The van der Waals surface area contributed by atoms with E-state index in [0.29, 0.717) is 35.2 Å². The molecule has 1 amide bonds. The minimum Gasteiger partial charge on any atom is -0.368 e. The van der Waals surface area contributed by atoms with Gasteiger partial charge in [0.1, 0.15) is 5.82 Å². The molecule has 1 heterocycles. The first kappa shape index (κ1) is 20.4. The molecule has 150 valence electrons. The first-order valence-electron chi connectivity index (χ1n) is 9.71. The maximum atomic E-state index is 12.2. The lowest BCUT2D eigenvalue weighted by molar-refractivity contribution is -0.119. The zero-order chi connectivity index (χ0) is 19.9. The number of amides is 1. The predicted octanol–water partition coefficient (Wildman–Crippen LogP) is 3.43. The summed E-state index contributed by atoms with van der Waals surface area (Å²) in [6.45, 7) is 4.25. The molecule has 0 saturated heterocycles. The molecule has 2 atom stereocenters. The first-order chi connectivity index (χ1) is 13.5. The summed E-state index contributed by atoms with van der Waals surface area (Å²) in [6, 6.07) is 8.24. The van der Waals surface area contributed by atoms with Crippen LogP contribution in [-0.2, 0) is 10.5 Å². The van der Waals surface area contributed by atoms with Crippen LogP contribution < -0.4 is 16.4 Å². The van der Waals surface area contributed by atoms with Gasteiger partial charge in [0, 0.05) is 11.7 Å². The summed E-state index contributed by atoms with van der Waals surface area (Å²) < 4.78 is 0. The zero-order valence-electron chi connectivity index (χ0n) is 16.4. The molecule has 3 rings (SSSR count). The molecule has 1 aliphatic carbocycles. The SMILES string of the molecule is Cc1ccc(Nc2nc(N)nc(CSCC(=O)N[C@@H]3CCCC[C@H]3C)n2)cc1. The van der Waals surface area contributed by atoms with E-state index < -0.39 is 0 Å². The second-order valence-corrected chi connectivity index (χ2v) is 8.34. The molecule has 1 aromatic carbocycles. The van der Waals surface area contributed by atoms with Crippen LogP contribution in [0.5, 0.6) is 0 Å². The summed E-state index contributed by atoms with van der Waals surface area (Å²) in [5, 5.41) is 6.30. The van der Waals surface area contributed by atoms with E-state index in [2.05, 4.69) is 32.5 Å². The molecule has 8 heteroatoms. The van der Waals surface area contributed by atoms with Crippen LogP contribution in [0.4, 0.5) is 17.6 Å². The normalized spacial score (nSPS) is 19.2. The number of aryl methyl sites for hydroxylation is 1. The van der Waals surface area contributed by atoms with Crippen LogP contribution in [0.25, 0.3) is 0 Å². The van der Waals surface area contributed by atoms with Gasteiger partial charge in [0.15, 0.2) is 0 Å². The number of anilines is 3. The van der Waals surface area contributed by atoms with Crippen molar-refractivity contribution in [1.29, 1.82) is 0 Å². The van der Waals surface area contributed by atoms with Crippen LogP contribution in [0.15, 0.2) is 24.3 Å². The van der Waals surface area contributed by atoms with Crippen molar-refractivity contribution in [3.8, 4) is 0 Å². The monoisotopic (exact) mass is 400 g/mol. The number of nitrogen functional groups attached to an aromatic ring is 1. The van der Waals surface area contributed by atoms with Gasteiger partial charge in [-0.05, 0) is 37.8 Å². The van der Waals surface area contributed by atoms with Gasteiger partial charge in [0.2, 0.25) is 17.8 Å². The Morgan fingerprint density at radius 2 is 1.93 bits per heavy atom. The highest BCUT2D eigenvalue weighted by Gasteiger charge is 2.22. The average molecular weight is 401 g/mol. The highest BCUT2D eigenvalue weighted by Crippen LogP contribution is 2.24. The van der Waals surface area contributed by atoms with Crippen molar-refractivity contribution in [2.45, 2.75) is 51.3 Å². The van der Waals surface area contributed by atoms with Crippen LogP contribution in [0.3, 0.4) is 0 Å². The topological polar surface area (TPSA) is 106 Å². The molecule has 0 radical (unpaired) electrons. The first-order valence-corrected chi connectivity index (χ1v) is 10.9. The third-order valence-corrected chi connectivity index (χ3v) is 5.86. The Hall–Kier alpha value is -2.35. The number of rotatable bonds is 7. The number of nitrogens with zero attached hydrogens (tertiary/aromatic N) is 3. The van der Waals surface area contributed by atoms with Gasteiger partial charge in [0.25, 0.3) is 0 Å². The number of thioether (sulfide) groups is 1. The number of nitrogens with one attached hydrogen (secondary N) is 2. The van der Waals surface area contributed by atoms with Gasteiger partial charge in [-0.15, -0.1) is 11.8 Å². The fraction of sp³-hybridized carbons (Fsp3) is 0.500. The van der Waals surface area contributed by atoms with Gasteiger partial charge >= 0.3 is 0 Å². The molecule has 4 N–H and O–H groups in total. The highest BCUT2D eigenvalue weighted by molar-refractivity contribution is 7.99. The summed E-state index contributed by atoms with van der Waals surface area (Å²) in [4.78, 5) is 25.0. The molecule has 1 fully saturated rings. The third kappa shape index (κ3) is 6.09. The van der Waals surface area contributed by atoms with E-state index in [1.165, 1.54) is 36.6 Å². The minimum absolute atomic E-state index is 0.0729. The van der Waals surface area contributed by atoms with Crippen molar-refractivity contribution in [2.75, 3.05) is 16.8 Å². The van der Waals surface area contributed by atoms with Gasteiger partial charge < -0.3 is 16.4 Å². The zero-order valence-corrected chi connectivity index (χ0v) is 17.3. The van der Waals surface area contributed by atoms with E-state index >= 15 is 0 Å². The molecule has 0 unspecified atom stereocenters. The van der Waals surface area contributed by atoms with Crippen molar-refractivity contribution in [3.05, 3.63) is 35.7 Å². The van der Waals surface area contributed by atoms with Crippen LogP contribution in [-0.4, -0.2) is 32.7 Å². The lowest BCUT2D eigenvalue weighted by Crippen LogP contribution is -2.41. The lowest BCUT2D eigenvalue weighted by Gasteiger charge is -2.29.